The Hall–Kier alpha value is -1.61. The van der Waals surface area contributed by atoms with Crippen molar-refractivity contribution in [2.75, 3.05) is 0 Å². The van der Waals surface area contributed by atoms with Gasteiger partial charge in [0.2, 0.25) is 0 Å². The van der Waals surface area contributed by atoms with Crippen LogP contribution >= 0.6 is 0 Å². The highest BCUT2D eigenvalue weighted by molar-refractivity contribution is 5.30. The fourth-order valence-electron chi connectivity index (χ4n) is 2.98. The van der Waals surface area contributed by atoms with E-state index < -0.39 is 0 Å². The van der Waals surface area contributed by atoms with Gasteiger partial charge in [-0.2, -0.15) is 5.10 Å². The molecule has 1 N–H and O–H groups in total. The molecule has 0 amide bonds. The highest BCUT2D eigenvalue weighted by atomic mass is 15.3. The van der Waals surface area contributed by atoms with E-state index in [2.05, 4.69) is 41.6 Å². The van der Waals surface area contributed by atoms with Crippen molar-refractivity contribution in [1.82, 2.24) is 15.1 Å². The average molecular weight is 255 g/mol. The quantitative estimate of drug-likeness (QED) is 0.909. The van der Waals surface area contributed by atoms with Gasteiger partial charge in [0, 0.05) is 24.5 Å². The number of fused-ring (bicyclic) bond motifs is 1. The second kappa shape index (κ2) is 5.57. The first kappa shape index (κ1) is 12.4. The molecule has 3 nitrogen and oxygen atoms in total. The van der Waals surface area contributed by atoms with Gasteiger partial charge in [-0.1, -0.05) is 24.3 Å². The van der Waals surface area contributed by atoms with Crippen LogP contribution in [-0.4, -0.2) is 21.9 Å². The molecular formula is C16H21N3. The van der Waals surface area contributed by atoms with Gasteiger partial charge < -0.3 is 5.32 Å². The number of nitrogens with one attached hydrogen (secondary N) is 1. The topological polar surface area (TPSA) is 29.9 Å². The first-order chi connectivity index (χ1) is 9.31. The summed E-state index contributed by atoms with van der Waals surface area (Å²) in [6.07, 6.45) is 7.44. The zero-order valence-corrected chi connectivity index (χ0v) is 11.4. The minimum Gasteiger partial charge on any atom is -0.309 e. The van der Waals surface area contributed by atoms with Gasteiger partial charge in [-0.15, -0.1) is 0 Å². The van der Waals surface area contributed by atoms with E-state index >= 15 is 0 Å². The molecule has 2 atom stereocenters. The summed E-state index contributed by atoms with van der Waals surface area (Å²) in [5.41, 5.74) is 3.04. The third kappa shape index (κ3) is 3.04. The van der Waals surface area contributed by atoms with Gasteiger partial charge in [-0.25, -0.2) is 0 Å². The first-order valence-electron chi connectivity index (χ1n) is 7.11. The molecule has 19 heavy (non-hydrogen) atoms. The Morgan fingerprint density at radius 3 is 2.95 bits per heavy atom. The molecule has 1 aliphatic rings. The summed E-state index contributed by atoms with van der Waals surface area (Å²) in [5, 5.41) is 8.00. The molecule has 2 aromatic rings. The lowest BCUT2D eigenvalue weighted by molar-refractivity contribution is 0.369. The normalized spacial score (nSPS) is 19.9. The summed E-state index contributed by atoms with van der Waals surface area (Å²) in [6, 6.07) is 11.8. The van der Waals surface area contributed by atoms with Crippen molar-refractivity contribution in [3.8, 4) is 0 Å². The molecule has 0 spiro atoms. The molecule has 3 rings (SSSR count). The van der Waals surface area contributed by atoms with E-state index in [1.54, 1.807) is 0 Å². The molecular weight excluding hydrogens is 234 g/mol. The lowest BCUT2D eigenvalue weighted by Crippen LogP contribution is -2.42. The molecule has 1 heterocycles. The zero-order chi connectivity index (χ0) is 13.1. The Morgan fingerprint density at radius 2 is 2.16 bits per heavy atom. The molecule has 3 heteroatoms. The Balaban J connectivity index is 1.57. The van der Waals surface area contributed by atoms with Crippen LogP contribution in [-0.2, 0) is 19.4 Å². The molecule has 2 unspecified atom stereocenters. The number of benzene rings is 1. The van der Waals surface area contributed by atoms with Crippen molar-refractivity contribution in [2.24, 2.45) is 0 Å². The Labute approximate surface area is 114 Å². The third-order valence-electron chi connectivity index (χ3n) is 3.89. The summed E-state index contributed by atoms with van der Waals surface area (Å²) < 4.78 is 1.99. The molecule has 0 bridgehead atoms. The van der Waals surface area contributed by atoms with Crippen LogP contribution in [0.15, 0.2) is 42.7 Å². The molecule has 1 aliphatic carbocycles. The highest BCUT2D eigenvalue weighted by Gasteiger charge is 2.19. The number of hydrogen-bond donors (Lipinski definition) is 1. The molecule has 1 aromatic heterocycles. The SMILES string of the molecule is CC(Cn1cccn1)NC1CCc2ccccc2C1. The minimum atomic E-state index is 0.454. The predicted molar refractivity (Wildman–Crippen MR) is 77.1 cm³/mol. The Morgan fingerprint density at radius 1 is 1.32 bits per heavy atom. The Bertz CT molecular complexity index is 519. The van der Waals surface area contributed by atoms with E-state index in [1.165, 1.54) is 24.0 Å². The van der Waals surface area contributed by atoms with Gasteiger partial charge in [-0.3, -0.25) is 4.68 Å². The van der Waals surface area contributed by atoms with Gasteiger partial charge in [0.1, 0.15) is 0 Å². The van der Waals surface area contributed by atoms with Gasteiger partial charge in [0.15, 0.2) is 0 Å². The molecule has 0 radical (unpaired) electrons. The average Bonchev–Trinajstić information content (AvgIpc) is 2.91. The van der Waals surface area contributed by atoms with Crippen LogP contribution in [0.5, 0.6) is 0 Å². The molecule has 0 aliphatic heterocycles. The molecule has 100 valence electrons. The predicted octanol–water partition coefficient (Wildman–Crippen LogP) is 2.42. The van der Waals surface area contributed by atoms with E-state index in [0.29, 0.717) is 12.1 Å². The number of rotatable bonds is 4. The van der Waals surface area contributed by atoms with E-state index in [0.717, 1.165) is 13.0 Å². The fourth-order valence-corrected chi connectivity index (χ4v) is 2.98. The lowest BCUT2D eigenvalue weighted by atomic mass is 9.88. The van der Waals surface area contributed by atoms with Crippen LogP contribution in [0.3, 0.4) is 0 Å². The summed E-state index contributed by atoms with van der Waals surface area (Å²) in [7, 11) is 0. The summed E-state index contributed by atoms with van der Waals surface area (Å²) in [5.74, 6) is 0. The number of nitrogens with zero attached hydrogens (tertiary/aromatic N) is 2. The third-order valence-corrected chi connectivity index (χ3v) is 3.89. The van der Waals surface area contributed by atoms with Crippen LogP contribution in [0, 0.1) is 0 Å². The fraction of sp³-hybridized carbons (Fsp3) is 0.438. The zero-order valence-electron chi connectivity index (χ0n) is 11.4. The van der Waals surface area contributed by atoms with E-state index in [1.807, 2.05) is 23.1 Å². The van der Waals surface area contributed by atoms with Crippen molar-refractivity contribution in [1.29, 1.82) is 0 Å². The summed E-state index contributed by atoms with van der Waals surface area (Å²) >= 11 is 0. The van der Waals surface area contributed by atoms with Crippen molar-refractivity contribution in [2.45, 2.75) is 44.8 Å². The van der Waals surface area contributed by atoms with Crippen LogP contribution in [0.2, 0.25) is 0 Å². The van der Waals surface area contributed by atoms with E-state index in [4.69, 9.17) is 0 Å². The van der Waals surface area contributed by atoms with Crippen LogP contribution in [0.4, 0.5) is 0 Å². The summed E-state index contributed by atoms with van der Waals surface area (Å²) in [4.78, 5) is 0. The maximum Gasteiger partial charge on any atom is 0.0560 e. The van der Waals surface area contributed by atoms with Crippen LogP contribution in [0.25, 0.3) is 0 Å². The second-order valence-corrected chi connectivity index (χ2v) is 5.50. The maximum absolute atomic E-state index is 4.26. The van der Waals surface area contributed by atoms with E-state index in [-0.39, 0.29) is 0 Å². The molecule has 0 fully saturated rings. The monoisotopic (exact) mass is 255 g/mol. The van der Waals surface area contributed by atoms with Crippen molar-refractivity contribution >= 4 is 0 Å². The smallest absolute Gasteiger partial charge is 0.0560 e. The number of hydrogen-bond acceptors (Lipinski definition) is 2. The molecule has 1 aromatic carbocycles. The minimum absolute atomic E-state index is 0.454. The van der Waals surface area contributed by atoms with Crippen molar-refractivity contribution in [3.63, 3.8) is 0 Å². The second-order valence-electron chi connectivity index (χ2n) is 5.50. The standard InChI is InChI=1S/C16H21N3/c1-13(12-19-10-4-9-17-19)18-16-8-7-14-5-2-3-6-15(14)11-16/h2-6,9-10,13,16,18H,7-8,11-12H2,1H3. The number of aryl methyl sites for hydroxylation is 1. The van der Waals surface area contributed by atoms with Crippen LogP contribution < -0.4 is 5.32 Å². The molecule has 0 saturated carbocycles. The van der Waals surface area contributed by atoms with Gasteiger partial charge in [0.05, 0.1) is 6.54 Å². The van der Waals surface area contributed by atoms with Gasteiger partial charge in [0.25, 0.3) is 0 Å². The lowest BCUT2D eigenvalue weighted by Gasteiger charge is -2.28. The highest BCUT2D eigenvalue weighted by Crippen LogP contribution is 2.21. The van der Waals surface area contributed by atoms with Crippen molar-refractivity contribution < 1.29 is 0 Å². The number of aromatic nitrogens is 2. The summed E-state index contributed by atoms with van der Waals surface area (Å²) in [6.45, 7) is 3.17. The van der Waals surface area contributed by atoms with Gasteiger partial charge >= 0.3 is 0 Å². The van der Waals surface area contributed by atoms with Crippen molar-refractivity contribution in [3.05, 3.63) is 53.9 Å². The first-order valence-corrected chi connectivity index (χ1v) is 7.11. The van der Waals surface area contributed by atoms with Crippen LogP contribution in [0.1, 0.15) is 24.5 Å². The molecule has 0 saturated heterocycles. The Kier molecular flexibility index (Phi) is 3.65. The van der Waals surface area contributed by atoms with Gasteiger partial charge in [-0.05, 0) is 43.4 Å². The van der Waals surface area contributed by atoms with E-state index in [9.17, 15) is 0 Å². The largest absolute Gasteiger partial charge is 0.309 e. The maximum atomic E-state index is 4.26.